The number of amides is 1. The molecule has 4 fully saturated rings. The van der Waals surface area contributed by atoms with Crippen molar-refractivity contribution in [1.82, 2.24) is 10.6 Å². The fraction of sp³-hybridized carbons (Fsp3) is 0.692. The van der Waals surface area contributed by atoms with Gasteiger partial charge >= 0.3 is 0 Å². The number of thiocarbonyl (C=S) groups is 1. The van der Waals surface area contributed by atoms with Crippen LogP contribution in [0.2, 0.25) is 0 Å². The van der Waals surface area contributed by atoms with Gasteiger partial charge in [0.05, 0.1) is 19.8 Å². The van der Waals surface area contributed by atoms with Crippen LogP contribution in [0.4, 0.5) is 0 Å². The average molecular weight is 475 g/mol. The first-order valence-electron chi connectivity index (χ1n) is 12.6. The van der Waals surface area contributed by atoms with Gasteiger partial charge in [-0.2, -0.15) is 0 Å². The lowest BCUT2D eigenvalue weighted by atomic mass is 9.48. The molecule has 1 amide bonds. The van der Waals surface area contributed by atoms with E-state index in [2.05, 4.69) is 17.6 Å². The van der Waals surface area contributed by atoms with Gasteiger partial charge in [0.25, 0.3) is 5.91 Å². The normalized spacial score (nSPS) is 28.2. The molecule has 0 radical (unpaired) electrons. The Balaban J connectivity index is 1.44. The first kappa shape index (κ1) is 24.1. The Labute approximate surface area is 203 Å². The van der Waals surface area contributed by atoms with Gasteiger partial charge in [-0.3, -0.25) is 10.1 Å². The maximum atomic E-state index is 13.1. The Bertz CT molecular complexity index is 825. The lowest BCUT2D eigenvalue weighted by Crippen LogP contribution is -2.57. The molecule has 1 unspecified atom stereocenters. The molecular weight excluding hydrogens is 436 g/mol. The third-order valence-corrected chi connectivity index (χ3v) is 7.97. The second-order valence-electron chi connectivity index (χ2n) is 10.0. The molecule has 1 atom stereocenters. The summed E-state index contributed by atoms with van der Waals surface area (Å²) in [6.45, 7) is 9.33. The smallest absolute Gasteiger partial charge is 0.257 e. The van der Waals surface area contributed by atoms with E-state index >= 15 is 0 Å². The molecule has 0 heterocycles. The van der Waals surface area contributed by atoms with Gasteiger partial charge in [0, 0.05) is 11.6 Å². The summed E-state index contributed by atoms with van der Waals surface area (Å²) in [6.07, 6.45) is 8.10. The van der Waals surface area contributed by atoms with E-state index in [1.165, 1.54) is 38.5 Å². The summed E-state index contributed by atoms with van der Waals surface area (Å²) in [5.41, 5.74) is 0.740. The van der Waals surface area contributed by atoms with Crippen molar-refractivity contribution < 1.29 is 19.0 Å². The number of rotatable bonds is 9. The van der Waals surface area contributed by atoms with Crippen molar-refractivity contribution in [2.45, 2.75) is 72.3 Å². The van der Waals surface area contributed by atoms with Crippen molar-refractivity contribution in [2.24, 2.45) is 23.2 Å². The van der Waals surface area contributed by atoms with E-state index in [0.29, 0.717) is 53.2 Å². The standard InChI is InChI=1S/C26H38N2O4S/c1-5-30-21-11-20(12-22(31-6-2)23(21)32-7-3)24(29)28-25(33)27-16(4)26-13-17-8-18(14-26)10-19(9-17)15-26/h11-12,16-19H,5-10,13-15H2,1-4H3,(H2,27,28,29,33). The molecule has 6 nitrogen and oxygen atoms in total. The van der Waals surface area contributed by atoms with Crippen molar-refractivity contribution in [2.75, 3.05) is 19.8 Å². The number of hydrogen-bond acceptors (Lipinski definition) is 5. The molecule has 4 saturated carbocycles. The minimum Gasteiger partial charge on any atom is -0.490 e. The summed E-state index contributed by atoms with van der Waals surface area (Å²) in [4.78, 5) is 13.1. The van der Waals surface area contributed by atoms with Crippen LogP contribution in [0.5, 0.6) is 17.2 Å². The summed E-state index contributed by atoms with van der Waals surface area (Å²) in [5, 5.41) is 6.72. The fourth-order valence-corrected chi connectivity index (χ4v) is 7.06. The molecule has 4 aliphatic rings. The van der Waals surface area contributed by atoms with Crippen LogP contribution in [0.1, 0.15) is 76.6 Å². The van der Waals surface area contributed by atoms with Gasteiger partial charge in [-0.15, -0.1) is 0 Å². The minimum atomic E-state index is -0.282. The molecule has 182 valence electrons. The number of hydrogen-bond donors (Lipinski definition) is 2. The molecule has 1 aromatic rings. The third kappa shape index (κ3) is 5.08. The maximum Gasteiger partial charge on any atom is 0.257 e. The van der Waals surface area contributed by atoms with Crippen LogP contribution in [0.25, 0.3) is 0 Å². The lowest BCUT2D eigenvalue weighted by Gasteiger charge is -2.59. The monoisotopic (exact) mass is 474 g/mol. The summed E-state index contributed by atoms with van der Waals surface area (Å²) in [7, 11) is 0. The molecule has 0 aliphatic heterocycles. The Hall–Kier alpha value is -2.02. The SMILES string of the molecule is CCOc1cc(C(=O)NC(=S)NC(C)C23CC4CC(CC(C4)C2)C3)cc(OCC)c1OCC. The first-order chi connectivity index (χ1) is 15.9. The molecule has 33 heavy (non-hydrogen) atoms. The number of nitrogens with one attached hydrogen (secondary N) is 2. The van der Waals surface area contributed by atoms with E-state index in [1.807, 2.05) is 20.8 Å². The predicted octanol–water partition coefficient (Wildman–Crippen LogP) is 5.09. The quantitative estimate of drug-likeness (QED) is 0.486. The Kier molecular flexibility index (Phi) is 7.37. The van der Waals surface area contributed by atoms with E-state index in [9.17, 15) is 4.79 Å². The van der Waals surface area contributed by atoms with E-state index < -0.39 is 0 Å². The predicted molar refractivity (Wildman–Crippen MR) is 133 cm³/mol. The highest BCUT2D eigenvalue weighted by Gasteiger charge is 2.53. The molecular formula is C26H38N2O4S. The Morgan fingerprint density at radius 2 is 1.45 bits per heavy atom. The second kappa shape index (κ2) is 10.1. The maximum absolute atomic E-state index is 13.1. The van der Waals surface area contributed by atoms with E-state index in [0.717, 1.165) is 17.8 Å². The van der Waals surface area contributed by atoms with Crippen LogP contribution >= 0.6 is 12.2 Å². The number of ether oxygens (including phenoxy) is 3. The van der Waals surface area contributed by atoms with Crippen LogP contribution in [0.3, 0.4) is 0 Å². The first-order valence-corrected chi connectivity index (χ1v) is 13.0. The molecule has 2 N–H and O–H groups in total. The zero-order chi connectivity index (χ0) is 23.6. The number of benzene rings is 1. The minimum absolute atomic E-state index is 0.247. The van der Waals surface area contributed by atoms with E-state index in [-0.39, 0.29) is 11.9 Å². The van der Waals surface area contributed by atoms with Gasteiger partial charge < -0.3 is 19.5 Å². The van der Waals surface area contributed by atoms with Gasteiger partial charge in [0.2, 0.25) is 5.75 Å². The van der Waals surface area contributed by atoms with Crippen molar-refractivity contribution in [3.8, 4) is 17.2 Å². The van der Waals surface area contributed by atoms with Gasteiger partial charge in [0.15, 0.2) is 16.6 Å². The second-order valence-corrected chi connectivity index (χ2v) is 10.4. The summed E-state index contributed by atoms with van der Waals surface area (Å²) in [6, 6.07) is 3.63. The molecule has 0 saturated heterocycles. The summed E-state index contributed by atoms with van der Waals surface area (Å²) < 4.78 is 17.2. The van der Waals surface area contributed by atoms with Crippen LogP contribution < -0.4 is 24.8 Å². The average Bonchev–Trinajstić information content (AvgIpc) is 2.75. The molecule has 4 bridgehead atoms. The molecule has 5 rings (SSSR count). The van der Waals surface area contributed by atoms with Crippen LogP contribution in [0.15, 0.2) is 12.1 Å². The van der Waals surface area contributed by atoms with Gasteiger partial charge in [-0.25, -0.2) is 0 Å². The highest BCUT2D eigenvalue weighted by atomic mass is 32.1. The van der Waals surface area contributed by atoms with Crippen molar-refractivity contribution >= 4 is 23.2 Å². The summed E-state index contributed by atoms with van der Waals surface area (Å²) >= 11 is 5.57. The molecule has 4 aliphatic carbocycles. The van der Waals surface area contributed by atoms with Crippen LogP contribution in [-0.4, -0.2) is 36.9 Å². The van der Waals surface area contributed by atoms with Crippen molar-refractivity contribution in [3.63, 3.8) is 0 Å². The van der Waals surface area contributed by atoms with Crippen LogP contribution in [0, 0.1) is 23.2 Å². The van der Waals surface area contributed by atoms with E-state index in [1.54, 1.807) is 12.1 Å². The summed E-state index contributed by atoms with van der Waals surface area (Å²) in [5.74, 6) is 3.86. The largest absolute Gasteiger partial charge is 0.490 e. The van der Waals surface area contributed by atoms with E-state index in [4.69, 9.17) is 26.4 Å². The van der Waals surface area contributed by atoms with Crippen molar-refractivity contribution in [3.05, 3.63) is 17.7 Å². The molecule has 7 heteroatoms. The zero-order valence-electron chi connectivity index (χ0n) is 20.4. The fourth-order valence-electron chi connectivity index (χ4n) is 6.79. The third-order valence-electron chi connectivity index (χ3n) is 7.75. The Morgan fingerprint density at radius 1 is 0.970 bits per heavy atom. The van der Waals surface area contributed by atoms with Gasteiger partial charge in [0.1, 0.15) is 0 Å². The Morgan fingerprint density at radius 3 is 1.91 bits per heavy atom. The van der Waals surface area contributed by atoms with Gasteiger partial charge in [-0.1, -0.05) is 0 Å². The lowest BCUT2D eigenvalue weighted by molar-refractivity contribution is -0.0672. The molecule has 0 aromatic heterocycles. The van der Waals surface area contributed by atoms with Gasteiger partial charge in [-0.05, 0) is 114 Å². The van der Waals surface area contributed by atoms with Crippen molar-refractivity contribution in [1.29, 1.82) is 0 Å². The highest BCUT2D eigenvalue weighted by molar-refractivity contribution is 7.80. The number of carbonyl (C=O) groups is 1. The topological polar surface area (TPSA) is 68.8 Å². The highest BCUT2D eigenvalue weighted by Crippen LogP contribution is 2.61. The molecule has 0 spiro atoms. The number of carbonyl (C=O) groups excluding carboxylic acids is 1. The molecule has 1 aromatic carbocycles. The van der Waals surface area contributed by atoms with Crippen LogP contribution in [-0.2, 0) is 0 Å². The zero-order valence-corrected chi connectivity index (χ0v) is 21.2.